The molecule has 0 saturated heterocycles. The standard InChI is InChI=1S/C15H16N2O3/c1-9-4-6-12(7-5-9)16-17-13-8-10(2)20-15(19)14(13)11(3)18/h4-8,16-17H,1-3H3. The zero-order chi connectivity index (χ0) is 14.7. The van der Waals surface area contributed by atoms with E-state index in [1.165, 1.54) is 6.92 Å². The second-order valence-corrected chi connectivity index (χ2v) is 4.61. The highest BCUT2D eigenvalue weighted by Crippen LogP contribution is 2.16. The highest BCUT2D eigenvalue weighted by Gasteiger charge is 2.14. The Hall–Kier alpha value is -2.56. The Balaban J connectivity index is 2.27. The van der Waals surface area contributed by atoms with Crippen molar-refractivity contribution < 1.29 is 9.21 Å². The van der Waals surface area contributed by atoms with E-state index in [-0.39, 0.29) is 11.3 Å². The molecule has 0 amide bonds. The minimum Gasteiger partial charge on any atom is -0.428 e. The molecule has 0 radical (unpaired) electrons. The van der Waals surface area contributed by atoms with Crippen LogP contribution in [-0.2, 0) is 0 Å². The first kappa shape index (κ1) is 13.9. The number of ketones is 1. The molecular formula is C15H16N2O3. The van der Waals surface area contributed by atoms with Gasteiger partial charge in [-0.05, 0) is 32.9 Å². The van der Waals surface area contributed by atoms with Gasteiger partial charge in [-0.2, -0.15) is 0 Å². The summed E-state index contributed by atoms with van der Waals surface area (Å²) >= 11 is 0. The predicted molar refractivity (Wildman–Crippen MR) is 78.1 cm³/mol. The van der Waals surface area contributed by atoms with E-state index in [1.807, 2.05) is 31.2 Å². The quantitative estimate of drug-likeness (QED) is 0.661. The van der Waals surface area contributed by atoms with Crippen LogP contribution < -0.4 is 16.5 Å². The van der Waals surface area contributed by atoms with Crippen LogP contribution in [0.5, 0.6) is 0 Å². The van der Waals surface area contributed by atoms with Crippen LogP contribution in [0.25, 0.3) is 0 Å². The molecule has 0 unspecified atom stereocenters. The summed E-state index contributed by atoms with van der Waals surface area (Å²) < 4.78 is 4.93. The van der Waals surface area contributed by atoms with E-state index in [0.29, 0.717) is 11.4 Å². The molecule has 2 N–H and O–H groups in total. The fourth-order valence-electron chi connectivity index (χ4n) is 1.82. The largest absolute Gasteiger partial charge is 0.428 e. The van der Waals surface area contributed by atoms with E-state index in [4.69, 9.17) is 4.42 Å². The Labute approximate surface area is 116 Å². The van der Waals surface area contributed by atoms with Gasteiger partial charge in [-0.15, -0.1) is 0 Å². The highest BCUT2D eigenvalue weighted by molar-refractivity contribution is 5.99. The van der Waals surface area contributed by atoms with Crippen molar-refractivity contribution >= 4 is 17.2 Å². The number of Topliss-reactive ketones (excluding diaryl/α,β-unsaturated/α-hetero) is 1. The number of aryl methyl sites for hydroxylation is 2. The minimum atomic E-state index is -0.634. The first-order valence-electron chi connectivity index (χ1n) is 6.22. The van der Waals surface area contributed by atoms with Gasteiger partial charge in [-0.25, -0.2) is 4.79 Å². The van der Waals surface area contributed by atoms with Crippen molar-refractivity contribution in [2.24, 2.45) is 0 Å². The van der Waals surface area contributed by atoms with Gasteiger partial charge in [-0.3, -0.25) is 10.2 Å². The molecule has 0 fully saturated rings. The summed E-state index contributed by atoms with van der Waals surface area (Å²) in [5.41, 5.74) is 7.60. The second kappa shape index (κ2) is 5.61. The third-order valence-corrected chi connectivity index (χ3v) is 2.82. The lowest BCUT2D eigenvalue weighted by Crippen LogP contribution is -2.19. The van der Waals surface area contributed by atoms with Gasteiger partial charge < -0.3 is 9.84 Å². The SMILES string of the molecule is CC(=O)c1c(NNc2ccc(C)cc2)cc(C)oc1=O. The molecule has 5 nitrogen and oxygen atoms in total. The first-order chi connectivity index (χ1) is 9.47. The van der Waals surface area contributed by atoms with Gasteiger partial charge in [0.05, 0.1) is 11.4 Å². The molecule has 0 aliphatic rings. The first-order valence-corrected chi connectivity index (χ1v) is 6.22. The maximum absolute atomic E-state index is 11.7. The van der Waals surface area contributed by atoms with Gasteiger partial charge in [0.15, 0.2) is 5.78 Å². The molecule has 0 aliphatic heterocycles. The van der Waals surface area contributed by atoms with E-state index in [9.17, 15) is 9.59 Å². The van der Waals surface area contributed by atoms with Crippen LogP contribution in [0.2, 0.25) is 0 Å². The summed E-state index contributed by atoms with van der Waals surface area (Å²) in [6.45, 7) is 4.98. The predicted octanol–water partition coefficient (Wildman–Crippen LogP) is 2.90. The zero-order valence-electron chi connectivity index (χ0n) is 11.6. The smallest absolute Gasteiger partial charge is 0.349 e. The molecule has 2 aromatic rings. The summed E-state index contributed by atoms with van der Waals surface area (Å²) in [5, 5.41) is 0. The second-order valence-electron chi connectivity index (χ2n) is 4.61. The highest BCUT2D eigenvalue weighted by atomic mass is 16.4. The molecule has 0 atom stereocenters. The Bertz CT molecular complexity index is 687. The van der Waals surface area contributed by atoms with Crippen LogP contribution >= 0.6 is 0 Å². The maximum Gasteiger partial charge on any atom is 0.349 e. The fraction of sp³-hybridized carbons (Fsp3) is 0.200. The zero-order valence-corrected chi connectivity index (χ0v) is 11.6. The lowest BCUT2D eigenvalue weighted by atomic mass is 10.1. The van der Waals surface area contributed by atoms with Crippen molar-refractivity contribution in [1.29, 1.82) is 0 Å². The minimum absolute atomic E-state index is 0.00946. The monoisotopic (exact) mass is 272 g/mol. The number of carbonyl (C=O) groups is 1. The summed E-state index contributed by atoms with van der Waals surface area (Å²) in [5.74, 6) is 0.0974. The van der Waals surface area contributed by atoms with Crippen molar-refractivity contribution in [1.82, 2.24) is 0 Å². The van der Waals surface area contributed by atoms with E-state index < -0.39 is 5.63 Å². The summed E-state index contributed by atoms with van der Waals surface area (Å²) in [7, 11) is 0. The van der Waals surface area contributed by atoms with E-state index >= 15 is 0 Å². The maximum atomic E-state index is 11.7. The number of anilines is 2. The van der Waals surface area contributed by atoms with Crippen LogP contribution in [0.1, 0.15) is 28.6 Å². The number of benzene rings is 1. The molecule has 1 aromatic heterocycles. The molecule has 1 aromatic carbocycles. The Kier molecular flexibility index (Phi) is 3.89. The van der Waals surface area contributed by atoms with Crippen molar-refractivity contribution in [3.63, 3.8) is 0 Å². The Morgan fingerprint density at radius 2 is 1.75 bits per heavy atom. The van der Waals surface area contributed by atoms with Crippen molar-refractivity contribution in [3.05, 3.63) is 57.6 Å². The summed E-state index contributed by atoms with van der Waals surface area (Å²) in [4.78, 5) is 23.2. The van der Waals surface area contributed by atoms with Gasteiger partial charge in [0.1, 0.15) is 11.3 Å². The molecule has 5 heteroatoms. The molecule has 0 bridgehead atoms. The third-order valence-electron chi connectivity index (χ3n) is 2.82. The molecule has 0 aliphatic carbocycles. The topological polar surface area (TPSA) is 71.3 Å². The Morgan fingerprint density at radius 3 is 2.35 bits per heavy atom. The number of rotatable bonds is 4. The summed E-state index contributed by atoms with van der Waals surface area (Å²) in [6, 6.07) is 9.32. The van der Waals surface area contributed by atoms with Crippen molar-refractivity contribution in [2.45, 2.75) is 20.8 Å². The lowest BCUT2D eigenvalue weighted by Gasteiger charge is -2.12. The molecule has 104 valence electrons. The van der Waals surface area contributed by atoms with Crippen LogP contribution in [0.4, 0.5) is 11.4 Å². The van der Waals surface area contributed by atoms with Gasteiger partial charge in [0, 0.05) is 6.07 Å². The van der Waals surface area contributed by atoms with Crippen LogP contribution in [-0.4, -0.2) is 5.78 Å². The van der Waals surface area contributed by atoms with Crippen LogP contribution in [0.15, 0.2) is 39.5 Å². The molecular weight excluding hydrogens is 256 g/mol. The fourth-order valence-corrected chi connectivity index (χ4v) is 1.82. The van der Waals surface area contributed by atoms with Crippen molar-refractivity contribution in [3.8, 4) is 0 Å². The van der Waals surface area contributed by atoms with Crippen molar-refractivity contribution in [2.75, 3.05) is 10.9 Å². The van der Waals surface area contributed by atoms with Gasteiger partial charge in [0.25, 0.3) is 0 Å². The van der Waals surface area contributed by atoms with Crippen LogP contribution in [0, 0.1) is 13.8 Å². The third kappa shape index (κ3) is 3.06. The number of hydrazine groups is 1. The molecule has 20 heavy (non-hydrogen) atoms. The lowest BCUT2D eigenvalue weighted by molar-refractivity contribution is 0.101. The van der Waals surface area contributed by atoms with Gasteiger partial charge >= 0.3 is 5.63 Å². The van der Waals surface area contributed by atoms with Gasteiger partial charge in [0.2, 0.25) is 0 Å². The van der Waals surface area contributed by atoms with Crippen LogP contribution in [0.3, 0.4) is 0 Å². The molecule has 0 saturated carbocycles. The van der Waals surface area contributed by atoms with Gasteiger partial charge in [-0.1, -0.05) is 17.7 Å². The average Bonchev–Trinajstić information content (AvgIpc) is 2.36. The van der Waals surface area contributed by atoms with E-state index in [1.54, 1.807) is 13.0 Å². The number of nitrogens with one attached hydrogen (secondary N) is 2. The normalized spacial score (nSPS) is 10.2. The molecule has 2 rings (SSSR count). The molecule has 0 spiro atoms. The number of hydrogen-bond donors (Lipinski definition) is 2. The number of carbonyl (C=O) groups excluding carboxylic acids is 1. The van der Waals surface area contributed by atoms with E-state index in [0.717, 1.165) is 11.3 Å². The Morgan fingerprint density at radius 1 is 1.10 bits per heavy atom. The molecule has 1 heterocycles. The van der Waals surface area contributed by atoms with E-state index in [2.05, 4.69) is 10.9 Å². The average molecular weight is 272 g/mol. The summed E-state index contributed by atoms with van der Waals surface area (Å²) in [6.07, 6.45) is 0. The number of hydrogen-bond acceptors (Lipinski definition) is 5.